The number of hydrogen-bond donors (Lipinski definition) is 2. The highest BCUT2D eigenvalue weighted by Gasteiger charge is 2.32. The van der Waals surface area contributed by atoms with E-state index >= 15 is 0 Å². The Hall–Kier alpha value is -3.68. The van der Waals surface area contributed by atoms with Crippen LogP contribution >= 0.6 is 0 Å². The third-order valence-corrected chi connectivity index (χ3v) is 7.25. The minimum absolute atomic E-state index is 0.0401. The van der Waals surface area contributed by atoms with E-state index in [0.717, 1.165) is 58.1 Å². The molecule has 0 radical (unpaired) electrons. The van der Waals surface area contributed by atoms with E-state index in [1.165, 1.54) is 18.2 Å². The van der Waals surface area contributed by atoms with Gasteiger partial charge in [0.05, 0.1) is 4.92 Å². The number of carbonyl (C=O) groups is 1. The molecular weight excluding hydrogens is 519 g/mol. The van der Waals surface area contributed by atoms with Crippen molar-refractivity contribution in [1.29, 1.82) is 0 Å². The van der Waals surface area contributed by atoms with Gasteiger partial charge in [-0.05, 0) is 37.7 Å². The Bertz CT molecular complexity index is 1150. The fourth-order valence-corrected chi connectivity index (χ4v) is 5.13. The number of alkyl halides is 3. The summed E-state index contributed by atoms with van der Waals surface area (Å²) in [5.41, 5.74) is -0.0517. The summed E-state index contributed by atoms with van der Waals surface area (Å²) in [6.07, 6.45) is 0.207. The minimum Gasteiger partial charge on any atom is -0.405 e. The van der Waals surface area contributed by atoms with Crippen LogP contribution in [0.15, 0.2) is 30.5 Å². The fourth-order valence-electron chi connectivity index (χ4n) is 5.13. The Labute approximate surface area is 223 Å². The molecule has 212 valence electrons. The van der Waals surface area contributed by atoms with Crippen LogP contribution in [0.1, 0.15) is 38.2 Å². The van der Waals surface area contributed by atoms with Gasteiger partial charge < -0.3 is 20.3 Å². The van der Waals surface area contributed by atoms with Gasteiger partial charge in [0, 0.05) is 57.8 Å². The minimum atomic E-state index is -4.83. The molecule has 1 aliphatic heterocycles. The number of ether oxygens (including phenoxy) is 1. The summed E-state index contributed by atoms with van der Waals surface area (Å²) >= 11 is 0. The summed E-state index contributed by atoms with van der Waals surface area (Å²) in [5, 5.41) is 17.5. The molecule has 0 unspecified atom stereocenters. The Morgan fingerprint density at radius 1 is 1.13 bits per heavy atom. The van der Waals surface area contributed by atoms with Crippen LogP contribution in [0.5, 0.6) is 5.75 Å². The third-order valence-electron chi connectivity index (χ3n) is 7.25. The molecule has 14 heteroatoms. The van der Waals surface area contributed by atoms with Crippen molar-refractivity contribution in [3.63, 3.8) is 0 Å². The van der Waals surface area contributed by atoms with E-state index in [1.54, 1.807) is 13.0 Å². The monoisotopic (exact) mass is 551 g/mol. The maximum atomic E-state index is 12.7. The predicted octanol–water partition coefficient (Wildman–Crippen LogP) is 4.03. The van der Waals surface area contributed by atoms with E-state index in [-0.39, 0.29) is 41.2 Å². The first-order valence-electron chi connectivity index (χ1n) is 12.9. The number of para-hydroxylation sites is 1. The maximum absolute atomic E-state index is 12.7. The number of hydrogen-bond acceptors (Lipinski definition) is 9. The summed E-state index contributed by atoms with van der Waals surface area (Å²) in [6, 6.07) is 6.15. The Morgan fingerprint density at radius 2 is 1.82 bits per heavy atom. The SMILES string of the molecule is CC(=O)N1CCN(C2CCC(CNc3nc(NCc4ccccc4OC(F)(F)F)ncc3[N+](=O)[O-])CC2)CC1. The Balaban J connectivity index is 1.31. The van der Waals surface area contributed by atoms with Gasteiger partial charge in [0.2, 0.25) is 17.7 Å². The molecule has 0 bridgehead atoms. The summed E-state index contributed by atoms with van der Waals surface area (Å²) in [6.45, 7) is 5.29. The van der Waals surface area contributed by atoms with Crippen LogP contribution in [0.25, 0.3) is 0 Å². The van der Waals surface area contributed by atoms with Crippen molar-refractivity contribution in [2.45, 2.75) is 51.6 Å². The van der Waals surface area contributed by atoms with Crippen LogP contribution in [0, 0.1) is 16.0 Å². The number of benzene rings is 1. The molecule has 1 aromatic carbocycles. The van der Waals surface area contributed by atoms with Gasteiger partial charge in [-0.25, -0.2) is 4.98 Å². The number of carbonyl (C=O) groups excluding carboxylic acids is 1. The van der Waals surface area contributed by atoms with Crippen LogP contribution < -0.4 is 15.4 Å². The van der Waals surface area contributed by atoms with Gasteiger partial charge in [-0.1, -0.05) is 18.2 Å². The third kappa shape index (κ3) is 7.91. The van der Waals surface area contributed by atoms with E-state index in [4.69, 9.17) is 0 Å². The van der Waals surface area contributed by atoms with Crippen molar-refractivity contribution in [3.05, 3.63) is 46.1 Å². The first-order chi connectivity index (χ1) is 18.6. The molecule has 0 atom stereocenters. The summed E-state index contributed by atoms with van der Waals surface area (Å²) < 4.78 is 42.2. The second kappa shape index (κ2) is 12.5. The highest BCUT2D eigenvalue weighted by atomic mass is 19.4. The summed E-state index contributed by atoms with van der Waals surface area (Å²) in [5.74, 6) is 0.172. The van der Waals surface area contributed by atoms with Crippen LogP contribution in [-0.2, 0) is 11.3 Å². The zero-order chi connectivity index (χ0) is 28.0. The molecule has 2 aliphatic rings. The molecule has 2 aromatic rings. The number of aromatic nitrogens is 2. The molecule has 11 nitrogen and oxygen atoms in total. The highest BCUT2D eigenvalue weighted by molar-refractivity contribution is 5.73. The van der Waals surface area contributed by atoms with Crippen LogP contribution in [0.3, 0.4) is 0 Å². The van der Waals surface area contributed by atoms with Gasteiger partial charge in [0.1, 0.15) is 11.9 Å². The molecule has 2 fully saturated rings. The number of amides is 1. The lowest BCUT2D eigenvalue weighted by Gasteiger charge is -2.41. The van der Waals surface area contributed by atoms with Gasteiger partial charge in [-0.3, -0.25) is 19.8 Å². The molecule has 0 spiro atoms. The van der Waals surface area contributed by atoms with Gasteiger partial charge >= 0.3 is 12.0 Å². The van der Waals surface area contributed by atoms with Crippen LogP contribution in [0.2, 0.25) is 0 Å². The van der Waals surface area contributed by atoms with E-state index in [0.29, 0.717) is 18.5 Å². The van der Waals surface area contributed by atoms with E-state index in [9.17, 15) is 28.1 Å². The molecule has 1 amide bonds. The van der Waals surface area contributed by atoms with E-state index in [1.807, 2.05) is 4.90 Å². The number of nitrogens with one attached hydrogen (secondary N) is 2. The maximum Gasteiger partial charge on any atom is 0.573 e. The predicted molar refractivity (Wildman–Crippen MR) is 137 cm³/mol. The quantitative estimate of drug-likeness (QED) is 0.351. The zero-order valence-corrected chi connectivity index (χ0v) is 21.6. The first-order valence-corrected chi connectivity index (χ1v) is 12.9. The molecular formula is C25H32F3N7O4. The topological polar surface area (TPSA) is 126 Å². The van der Waals surface area contributed by atoms with Crippen molar-refractivity contribution in [1.82, 2.24) is 19.8 Å². The molecule has 4 rings (SSSR count). The normalized spacial score (nSPS) is 20.4. The van der Waals surface area contributed by atoms with Gasteiger partial charge in [0.25, 0.3) is 0 Å². The van der Waals surface area contributed by atoms with Crippen LogP contribution in [0.4, 0.5) is 30.6 Å². The molecule has 1 saturated carbocycles. The largest absolute Gasteiger partial charge is 0.573 e. The number of nitrogens with zero attached hydrogens (tertiary/aromatic N) is 5. The second-order valence-corrected chi connectivity index (χ2v) is 9.79. The number of nitro groups is 1. The summed E-state index contributed by atoms with van der Waals surface area (Å²) in [7, 11) is 0. The molecule has 2 heterocycles. The lowest BCUT2D eigenvalue weighted by atomic mass is 9.85. The van der Waals surface area contributed by atoms with Crippen molar-refractivity contribution >= 4 is 23.4 Å². The second-order valence-electron chi connectivity index (χ2n) is 9.79. The number of anilines is 2. The average Bonchev–Trinajstić information content (AvgIpc) is 2.91. The number of halogens is 3. The van der Waals surface area contributed by atoms with Crippen molar-refractivity contribution < 1.29 is 27.6 Å². The number of piperazine rings is 1. The zero-order valence-electron chi connectivity index (χ0n) is 21.6. The Kier molecular flexibility index (Phi) is 9.04. The molecule has 1 aromatic heterocycles. The van der Waals surface area contributed by atoms with Gasteiger partial charge in [0.15, 0.2) is 0 Å². The van der Waals surface area contributed by atoms with E-state index in [2.05, 4.69) is 30.2 Å². The fraction of sp³-hybridized carbons (Fsp3) is 0.560. The standard InChI is InChI=1S/C25H32F3N7O4/c1-17(36)33-10-12-34(13-11-33)20-8-6-18(7-9-20)14-29-23-21(35(37)38)16-31-24(32-23)30-15-19-4-2-3-5-22(19)39-25(26,27)28/h2-5,16,18,20H,6-15H2,1H3,(H2,29,30,31,32). The summed E-state index contributed by atoms with van der Waals surface area (Å²) in [4.78, 5) is 35.0. The highest BCUT2D eigenvalue weighted by Crippen LogP contribution is 2.30. The Morgan fingerprint density at radius 3 is 2.46 bits per heavy atom. The molecule has 1 saturated heterocycles. The van der Waals surface area contributed by atoms with Crippen molar-refractivity contribution in [2.24, 2.45) is 5.92 Å². The van der Waals surface area contributed by atoms with Gasteiger partial charge in [-0.2, -0.15) is 4.98 Å². The molecule has 1 aliphatic carbocycles. The lowest BCUT2D eigenvalue weighted by molar-refractivity contribution is -0.384. The number of rotatable bonds is 9. The first kappa shape index (κ1) is 28.3. The van der Waals surface area contributed by atoms with Gasteiger partial charge in [-0.15, -0.1) is 13.2 Å². The average molecular weight is 552 g/mol. The molecule has 39 heavy (non-hydrogen) atoms. The molecule has 2 N–H and O–H groups in total. The van der Waals surface area contributed by atoms with E-state index < -0.39 is 11.3 Å². The lowest BCUT2D eigenvalue weighted by Crippen LogP contribution is -2.52. The smallest absolute Gasteiger partial charge is 0.405 e. The van der Waals surface area contributed by atoms with Crippen molar-refractivity contribution in [3.8, 4) is 5.75 Å². The van der Waals surface area contributed by atoms with Crippen LogP contribution in [-0.4, -0.2) is 75.7 Å². The van der Waals surface area contributed by atoms with Crippen molar-refractivity contribution in [2.75, 3.05) is 43.4 Å².